The number of thioether (sulfide) groups is 1. The Morgan fingerprint density at radius 1 is 0.966 bits per heavy atom. The Bertz CT molecular complexity index is 1130. The molecule has 4 nitrogen and oxygen atoms in total. The molecule has 0 spiro atoms. The number of methoxy groups -OCH3 is 1. The summed E-state index contributed by atoms with van der Waals surface area (Å²) in [5.41, 5.74) is 3.98. The highest BCUT2D eigenvalue weighted by atomic mass is 32.2. The van der Waals surface area contributed by atoms with Gasteiger partial charge in [-0.15, -0.1) is 10.2 Å². The standard InChI is InChI=1S/C23H20FN3OS/c1-16-5-3-8-20(13-16)27-22(18-9-11-21(28-2)12-10-18)25-26-23(27)29-15-17-6-4-7-19(24)14-17/h3-14H,15H2,1-2H3. The first-order chi connectivity index (χ1) is 14.1. The van der Waals surface area contributed by atoms with Crippen LogP contribution in [0, 0.1) is 12.7 Å². The SMILES string of the molecule is COc1ccc(-c2nnc(SCc3cccc(F)c3)n2-c2cccc(C)c2)cc1. The Labute approximate surface area is 173 Å². The van der Waals surface area contributed by atoms with Gasteiger partial charge < -0.3 is 4.74 Å². The normalized spacial score (nSPS) is 10.9. The molecule has 0 atom stereocenters. The molecule has 0 saturated carbocycles. The molecule has 0 radical (unpaired) electrons. The molecule has 0 amide bonds. The van der Waals surface area contributed by atoms with E-state index in [4.69, 9.17) is 4.74 Å². The van der Waals surface area contributed by atoms with Crippen LogP contribution in [0.5, 0.6) is 5.75 Å². The molecule has 146 valence electrons. The van der Waals surface area contributed by atoms with Crippen LogP contribution in [-0.2, 0) is 5.75 Å². The average Bonchev–Trinajstić information content (AvgIpc) is 3.16. The first kappa shape index (κ1) is 19.2. The maximum absolute atomic E-state index is 13.5. The minimum atomic E-state index is -0.234. The third-order valence-corrected chi connectivity index (χ3v) is 5.50. The largest absolute Gasteiger partial charge is 0.497 e. The summed E-state index contributed by atoms with van der Waals surface area (Å²) in [5, 5.41) is 9.64. The van der Waals surface area contributed by atoms with Crippen molar-refractivity contribution in [1.82, 2.24) is 14.8 Å². The monoisotopic (exact) mass is 405 g/mol. The van der Waals surface area contributed by atoms with Gasteiger partial charge in [-0.2, -0.15) is 0 Å². The van der Waals surface area contributed by atoms with E-state index in [-0.39, 0.29) is 5.82 Å². The second kappa shape index (κ2) is 8.49. The zero-order valence-corrected chi connectivity index (χ0v) is 17.0. The molecule has 0 fully saturated rings. The highest BCUT2D eigenvalue weighted by Crippen LogP contribution is 2.31. The van der Waals surface area contributed by atoms with Crippen LogP contribution in [0.25, 0.3) is 17.1 Å². The Kier molecular flexibility index (Phi) is 5.62. The van der Waals surface area contributed by atoms with Crippen LogP contribution >= 0.6 is 11.8 Å². The molecule has 0 aliphatic heterocycles. The van der Waals surface area contributed by atoms with Crippen molar-refractivity contribution in [2.75, 3.05) is 7.11 Å². The fraction of sp³-hybridized carbons (Fsp3) is 0.130. The molecular weight excluding hydrogens is 385 g/mol. The Morgan fingerprint density at radius 2 is 1.76 bits per heavy atom. The lowest BCUT2D eigenvalue weighted by atomic mass is 10.2. The molecule has 3 aromatic carbocycles. The molecule has 0 N–H and O–H groups in total. The van der Waals surface area contributed by atoms with Crippen LogP contribution in [0.15, 0.2) is 78.0 Å². The Hall–Kier alpha value is -3.12. The minimum Gasteiger partial charge on any atom is -0.497 e. The van der Waals surface area contributed by atoms with E-state index in [0.717, 1.165) is 39.1 Å². The van der Waals surface area contributed by atoms with Crippen molar-refractivity contribution >= 4 is 11.8 Å². The number of hydrogen-bond acceptors (Lipinski definition) is 4. The number of halogens is 1. The Balaban J connectivity index is 1.73. The summed E-state index contributed by atoms with van der Waals surface area (Å²) in [4.78, 5) is 0. The van der Waals surface area contributed by atoms with Gasteiger partial charge in [0.1, 0.15) is 11.6 Å². The van der Waals surface area contributed by atoms with E-state index in [0.29, 0.717) is 5.75 Å². The number of ether oxygens (including phenoxy) is 1. The Morgan fingerprint density at radius 3 is 2.48 bits per heavy atom. The van der Waals surface area contributed by atoms with E-state index in [9.17, 15) is 4.39 Å². The lowest BCUT2D eigenvalue weighted by Crippen LogP contribution is -2.00. The smallest absolute Gasteiger partial charge is 0.196 e. The van der Waals surface area contributed by atoms with Crippen molar-refractivity contribution in [2.24, 2.45) is 0 Å². The third-order valence-electron chi connectivity index (χ3n) is 4.50. The van der Waals surface area contributed by atoms with Crippen molar-refractivity contribution in [3.63, 3.8) is 0 Å². The van der Waals surface area contributed by atoms with Crippen LogP contribution in [0.4, 0.5) is 4.39 Å². The lowest BCUT2D eigenvalue weighted by Gasteiger charge is -2.11. The van der Waals surface area contributed by atoms with E-state index in [1.54, 1.807) is 19.2 Å². The van der Waals surface area contributed by atoms with Crippen molar-refractivity contribution in [3.8, 4) is 22.8 Å². The summed E-state index contributed by atoms with van der Waals surface area (Å²) in [6.45, 7) is 2.06. The van der Waals surface area contributed by atoms with Gasteiger partial charge in [0, 0.05) is 17.0 Å². The van der Waals surface area contributed by atoms with E-state index in [2.05, 4.69) is 29.3 Å². The number of benzene rings is 3. The fourth-order valence-electron chi connectivity index (χ4n) is 3.06. The van der Waals surface area contributed by atoms with E-state index in [1.165, 1.54) is 17.8 Å². The highest BCUT2D eigenvalue weighted by molar-refractivity contribution is 7.98. The molecule has 1 aromatic heterocycles. The average molecular weight is 405 g/mol. The molecule has 0 bridgehead atoms. The summed E-state index contributed by atoms with van der Waals surface area (Å²) < 4.78 is 20.8. The molecule has 0 unspecified atom stereocenters. The van der Waals surface area contributed by atoms with Gasteiger partial charge in [-0.05, 0) is 66.6 Å². The quantitative estimate of drug-likeness (QED) is 0.387. The predicted molar refractivity (Wildman–Crippen MR) is 114 cm³/mol. The molecular formula is C23H20FN3OS. The zero-order chi connectivity index (χ0) is 20.2. The maximum Gasteiger partial charge on any atom is 0.196 e. The van der Waals surface area contributed by atoms with Crippen molar-refractivity contribution in [3.05, 3.63) is 89.7 Å². The second-order valence-corrected chi connectivity index (χ2v) is 7.57. The van der Waals surface area contributed by atoms with Gasteiger partial charge in [0.25, 0.3) is 0 Å². The van der Waals surface area contributed by atoms with Gasteiger partial charge in [0.2, 0.25) is 0 Å². The van der Waals surface area contributed by atoms with Gasteiger partial charge in [0.05, 0.1) is 7.11 Å². The number of aromatic nitrogens is 3. The lowest BCUT2D eigenvalue weighted by molar-refractivity contribution is 0.415. The first-order valence-corrected chi connectivity index (χ1v) is 10.2. The summed E-state index contributed by atoms with van der Waals surface area (Å²) in [6.07, 6.45) is 0. The fourth-order valence-corrected chi connectivity index (χ4v) is 3.96. The second-order valence-electron chi connectivity index (χ2n) is 6.63. The molecule has 29 heavy (non-hydrogen) atoms. The van der Waals surface area contributed by atoms with Gasteiger partial charge in [-0.1, -0.05) is 36.0 Å². The summed E-state index contributed by atoms with van der Waals surface area (Å²) >= 11 is 1.53. The van der Waals surface area contributed by atoms with Gasteiger partial charge in [-0.3, -0.25) is 4.57 Å². The van der Waals surface area contributed by atoms with Crippen LogP contribution in [0.1, 0.15) is 11.1 Å². The van der Waals surface area contributed by atoms with Crippen LogP contribution in [0.2, 0.25) is 0 Å². The highest BCUT2D eigenvalue weighted by Gasteiger charge is 2.16. The molecule has 4 aromatic rings. The molecule has 1 heterocycles. The third kappa shape index (κ3) is 4.32. The molecule has 0 saturated heterocycles. The summed E-state index contributed by atoms with van der Waals surface area (Å²) in [6, 6.07) is 22.6. The number of aryl methyl sites for hydroxylation is 1. The maximum atomic E-state index is 13.5. The van der Waals surface area contributed by atoms with Gasteiger partial charge in [0.15, 0.2) is 11.0 Å². The number of rotatable bonds is 6. The van der Waals surface area contributed by atoms with E-state index in [1.807, 2.05) is 47.0 Å². The van der Waals surface area contributed by atoms with Crippen molar-refractivity contribution in [1.29, 1.82) is 0 Å². The van der Waals surface area contributed by atoms with E-state index >= 15 is 0 Å². The van der Waals surface area contributed by atoms with Gasteiger partial charge in [-0.25, -0.2) is 4.39 Å². The number of hydrogen-bond donors (Lipinski definition) is 0. The summed E-state index contributed by atoms with van der Waals surface area (Å²) in [5.74, 6) is 1.91. The van der Waals surface area contributed by atoms with Crippen LogP contribution in [-0.4, -0.2) is 21.9 Å². The van der Waals surface area contributed by atoms with E-state index < -0.39 is 0 Å². The zero-order valence-electron chi connectivity index (χ0n) is 16.2. The van der Waals surface area contributed by atoms with Crippen molar-refractivity contribution in [2.45, 2.75) is 17.8 Å². The van der Waals surface area contributed by atoms with Crippen molar-refractivity contribution < 1.29 is 9.13 Å². The predicted octanol–water partition coefficient (Wildman–Crippen LogP) is 5.68. The molecule has 6 heteroatoms. The minimum absolute atomic E-state index is 0.234. The first-order valence-electron chi connectivity index (χ1n) is 9.18. The van der Waals surface area contributed by atoms with Gasteiger partial charge >= 0.3 is 0 Å². The summed E-state index contributed by atoms with van der Waals surface area (Å²) in [7, 11) is 1.64. The van der Waals surface area contributed by atoms with Crippen LogP contribution < -0.4 is 4.74 Å². The topological polar surface area (TPSA) is 39.9 Å². The molecule has 0 aliphatic carbocycles. The molecule has 4 rings (SSSR count). The molecule has 0 aliphatic rings. The number of nitrogens with zero attached hydrogens (tertiary/aromatic N) is 3. The van der Waals surface area contributed by atoms with Crippen LogP contribution in [0.3, 0.4) is 0 Å².